The van der Waals surface area contributed by atoms with Crippen LogP contribution in [0.15, 0.2) is 53.7 Å². The number of ether oxygens (including phenoxy) is 1. The highest BCUT2D eigenvalue weighted by Gasteiger charge is 2.39. The molecule has 0 fully saturated rings. The van der Waals surface area contributed by atoms with Crippen molar-refractivity contribution in [1.29, 1.82) is 0 Å². The molecule has 1 heterocycles. The summed E-state index contributed by atoms with van der Waals surface area (Å²) in [6.07, 6.45) is 0.652. The molecule has 0 spiro atoms. The lowest BCUT2D eigenvalue weighted by Crippen LogP contribution is -2.38. The maximum Gasteiger partial charge on any atom is 0.225 e. The van der Waals surface area contributed by atoms with Crippen molar-refractivity contribution in [3.8, 4) is 5.75 Å². The summed E-state index contributed by atoms with van der Waals surface area (Å²) >= 11 is 0. The number of hydrogen-bond donors (Lipinski definition) is 1. The molecule has 6 heteroatoms. The summed E-state index contributed by atoms with van der Waals surface area (Å²) < 4.78 is 33.2. The summed E-state index contributed by atoms with van der Waals surface area (Å²) in [5.41, 5.74) is 1.93. The van der Waals surface area contributed by atoms with Crippen LogP contribution in [0.1, 0.15) is 42.2 Å². The molecule has 2 aliphatic rings. The third-order valence-corrected chi connectivity index (χ3v) is 5.48. The Hall–Kier alpha value is -3.02. The van der Waals surface area contributed by atoms with Crippen molar-refractivity contribution >= 4 is 11.7 Å². The second-order valence-corrected chi connectivity index (χ2v) is 7.14. The monoisotopic (exact) mass is 383 g/mol. The number of ketones is 1. The van der Waals surface area contributed by atoms with Crippen molar-refractivity contribution in [2.24, 2.45) is 0 Å². The number of hydrogen-bond acceptors (Lipinski definition) is 3. The number of halogens is 2. The smallest absolute Gasteiger partial charge is 0.225 e. The van der Waals surface area contributed by atoms with Crippen LogP contribution >= 0.6 is 0 Å². The predicted octanol–water partition coefficient (Wildman–Crippen LogP) is 3.98. The molecule has 0 saturated carbocycles. The van der Waals surface area contributed by atoms with Crippen LogP contribution < -0.4 is 10.1 Å². The minimum atomic E-state index is -1.00. The van der Waals surface area contributed by atoms with E-state index >= 15 is 0 Å². The molecule has 2 atom stereocenters. The average Bonchev–Trinajstić information content (AvgIpc) is 2.69. The topological polar surface area (TPSA) is 55.4 Å². The first kappa shape index (κ1) is 18.3. The van der Waals surface area contributed by atoms with Gasteiger partial charge in [-0.3, -0.25) is 9.59 Å². The zero-order chi connectivity index (χ0) is 19.8. The van der Waals surface area contributed by atoms with E-state index in [9.17, 15) is 18.4 Å². The number of rotatable bonds is 3. The van der Waals surface area contributed by atoms with Crippen LogP contribution in [0.2, 0.25) is 0 Å². The largest absolute Gasteiger partial charge is 0.497 e. The molecule has 1 amide bonds. The third-order valence-electron chi connectivity index (χ3n) is 5.48. The molecule has 0 aromatic heterocycles. The molecule has 2 aromatic carbocycles. The molecule has 28 heavy (non-hydrogen) atoms. The van der Waals surface area contributed by atoms with E-state index in [1.54, 1.807) is 7.11 Å². The average molecular weight is 383 g/mol. The number of amides is 1. The van der Waals surface area contributed by atoms with Gasteiger partial charge in [-0.2, -0.15) is 0 Å². The lowest BCUT2D eigenvalue weighted by Gasteiger charge is -2.34. The van der Waals surface area contributed by atoms with Gasteiger partial charge in [0.1, 0.15) is 5.75 Å². The molecule has 0 bridgehead atoms. The molecular weight excluding hydrogens is 364 g/mol. The van der Waals surface area contributed by atoms with Crippen LogP contribution in [0.5, 0.6) is 5.75 Å². The first-order valence-corrected chi connectivity index (χ1v) is 9.12. The molecular formula is C22H19F2NO3. The van der Waals surface area contributed by atoms with Gasteiger partial charge in [0.05, 0.1) is 7.11 Å². The number of carbonyl (C=O) groups is 2. The van der Waals surface area contributed by atoms with Gasteiger partial charge in [-0.15, -0.1) is 0 Å². The molecule has 1 aliphatic carbocycles. The Kier molecular flexibility index (Phi) is 4.71. The van der Waals surface area contributed by atoms with Gasteiger partial charge >= 0.3 is 0 Å². The van der Waals surface area contributed by atoms with E-state index in [1.807, 2.05) is 24.3 Å². The molecule has 0 saturated heterocycles. The van der Waals surface area contributed by atoms with E-state index < -0.39 is 17.6 Å². The third kappa shape index (κ3) is 3.19. The first-order chi connectivity index (χ1) is 13.5. The van der Waals surface area contributed by atoms with Gasteiger partial charge in [0.15, 0.2) is 17.4 Å². The van der Waals surface area contributed by atoms with E-state index in [4.69, 9.17) is 4.74 Å². The van der Waals surface area contributed by atoms with E-state index in [0.717, 1.165) is 17.4 Å². The quantitative estimate of drug-likeness (QED) is 0.872. The molecule has 2 aromatic rings. The fourth-order valence-corrected chi connectivity index (χ4v) is 4.13. The Balaban J connectivity index is 1.71. The van der Waals surface area contributed by atoms with Crippen molar-refractivity contribution in [3.63, 3.8) is 0 Å². The van der Waals surface area contributed by atoms with Gasteiger partial charge in [-0.25, -0.2) is 8.78 Å². The van der Waals surface area contributed by atoms with Crippen molar-refractivity contribution < 1.29 is 23.1 Å². The minimum Gasteiger partial charge on any atom is -0.497 e. The summed E-state index contributed by atoms with van der Waals surface area (Å²) in [5, 5.41) is 2.78. The Morgan fingerprint density at radius 2 is 1.75 bits per heavy atom. The van der Waals surface area contributed by atoms with E-state index in [0.29, 0.717) is 17.7 Å². The van der Waals surface area contributed by atoms with E-state index in [-0.39, 0.29) is 36.0 Å². The number of Topliss-reactive ketones (excluding diaryl/α,β-unsaturated/α-hetero) is 1. The van der Waals surface area contributed by atoms with Crippen LogP contribution in [-0.4, -0.2) is 18.8 Å². The number of carbonyl (C=O) groups excluding carboxylic acids is 2. The van der Waals surface area contributed by atoms with Crippen molar-refractivity contribution in [2.45, 2.75) is 31.1 Å². The van der Waals surface area contributed by atoms with Gasteiger partial charge in [-0.1, -0.05) is 24.3 Å². The highest BCUT2D eigenvalue weighted by Crippen LogP contribution is 2.43. The summed E-state index contributed by atoms with van der Waals surface area (Å²) in [6.45, 7) is 0. The molecule has 144 valence electrons. The summed E-state index contributed by atoms with van der Waals surface area (Å²) in [6, 6.07) is 11.3. The number of benzene rings is 2. The van der Waals surface area contributed by atoms with Crippen LogP contribution in [-0.2, 0) is 9.59 Å². The fraction of sp³-hybridized carbons (Fsp3) is 0.273. The van der Waals surface area contributed by atoms with Crippen molar-refractivity contribution in [3.05, 3.63) is 76.5 Å². The minimum absolute atomic E-state index is 0.0543. The van der Waals surface area contributed by atoms with Crippen molar-refractivity contribution in [1.82, 2.24) is 5.32 Å². The number of allylic oxidation sites excluding steroid dienone is 2. The van der Waals surface area contributed by atoms with Crippen LogP contribution in [0.4, 0.5) is 8.78 Å². The molecule has 4 nitrogen and oxygen atoms in total. The zero-order valence-electron chi connectivity index (χ0n) is 15.3. The van der Waals surface area contributed by atoms with Gasteiger partial charge in [0, 0.05) is 30.0 Å². The Bertz CT molecular complexity index is 982. The normalized spacial score (nSPS) is 22.0. The summed E-state index contributed by atoms with van der Waals surface area (Å²) in [5.74, 6) is -2.55. The van der Waals surface area contributed by atoms with Gasteiger partial charge < -0.3 is 10.1 Å². The standard InChI is InChI=1S/C22H19F2NO3/c1-28-14-7-5-12(6-8-14)13-9-18-21(19(26)10-13)16(11-20(27)25-18)15-3-2-4-17(23)22(15)24/h2-8,13,16H,9-11H2,1H3,(H,25,27). The summed E-state index contributed by atoms with van der Waals surface area (Å²) in [4.78, 5) is 25.2. The van der Waals surface area contributed by atoms with Gasteiger partial charge in [0.2, 0.25) is 5.91 Å². The molecule has 0 radical (unpaired) electrons. The van der Waals surface area contributed by atoms with Gasteiger partial charge in [0.25, 0.3) is 0 Å². The fourth-order valence-electron chi connectivity index (χ4n) is 4.13. The Morgan fingerprint density at radius 1 is 1.00 bits per heavy atom. The molecule has 1 N–H and O–H groups in total. The second kappa shape index (κ2) is 7.19. The Morgan fingerprint density at radius 3 is 2.46 bits per heavy atom. The summed E-state index contributed by atoms with van der Waals surface area (Å²) in [7, 11) is 1.58. The SMILES string of the molecule is COc1ccc(C2CC(=O)C3=C(C2)NC(=O)CC3c2cccc(F)c2F)cc1. The highest BCUT2D eigenvalue weighted by molar-refractivity contribution is 6.02. The lowest BCUT2D eigenvalue weighted by molar-refractivity contribution is -0.122. The maximum absolute atomic E-state index is 14.4. The Labute approximate surface area is 161 Å². The first-order valence-electron chi connectivity index (χ1n) is 9.12. The van der Waals surface area contributed by atoms with E-state index in [2.05, 4.69) is 5.32 Å². The molecule has 2 unspecified atom stereocenters. The zero-order valence-corrected chi connectivity index (χ0v) is 15.3. The highest BCUT2D eigenvalue weighted by atomic mass is 19.2. The molecule has 1 aliphatic heterocycles. The molecule has 4 rings (SSSR count). The van der Waals surface area contributed by atoms with E-state index in [1.165, 1.54) is 12.1 Å². The second-order valence-electron chi connectivity index (χ2n) is 7.14. The van der Waals surface area contributed by atoms with Gasteiger partial charge in [-0.05, 0) is 41.7 Å². The number of methoxy groups -OCH3 is 1. The van der Waals surface area contributed by atoms with Crippen LogP contribution in [0, 0.1) is 11.6 Å². The van der Waals surface area contributed by atoms with Crippen LogP contribution in [0.25, 0.3) is 0 Å². The van der Waals surface area contributed by atoms with Crippen LogP contribution in [0.3, 0.4) is 0 Å². The predicted molar refractivity (Wildman–Crippen MR) is 98.9 cm³/mol. The number of nitrogens with one attached hydrogen (secondary N) is 1. The lowest BCUT2D eigenvalue weighted by atomic mass is 9.73. The maximum atomic E-state index is 14.4. The van der Waals surface area contributed by atoms with Crippen molar-refractivity contribution in [2.75, 3.05) is 7.11 Å².